The van der Waals surface area contributed by atoms with Gasteiger partial charge in [-0.1, -0.05) is 41.4 Å². The number of hydrogen-bond donors (Lipinski definition) is 1. The molecule has 0 aliphatic rings. The molecule has 0 radical (unpaired) electrons. The summed E-state index contributed by atoms with van der Waals surface area (Å²) < 4.78 is 6.88. The Morgan fingerprint density at radius 3 is 2.80 bits per heavy atom. The SMILES string of the molecule is COc1ccc(Cl)cc1NC(=O)c1cnn(Cc2ccccc2Cl)c1. The maximum Gasteiger partial charge on any atom is 0.258 e. The van der Waals surface area contributed by atoms with E-state index in [0.717, 1.165) is 5.56 Å². The number of anilines is 1. The van der Waals surface area contributed by atoms with Gasteiger partial charge in [-0.15, -0.1) is 0 Å². The summed E-state index contributed by atoms with van der Waals surface area (Å²) in [5.74, 6) is 0.229. The van der Waals surface area contributed by atoms with E-state index >= 15 is 0 Å². The van der Waals surface area contributed by atoms with Gasteiger partial charge in [-0.3, -0.25) is 9.48 Å². The third-order valence-electron chi connectivity index (χ3n) is 3.60. The van der Waals surface area contributed by atoms with Crippen LogP contribution in [0, 0.1) is 0 Å². The van der Waals surface area contributed by atoms with Crippen molar-refractivity contribution in [3.05, 3.63) is 76.0 Å². The number of ether oxygens (including phenoxy) is 1. The van der Waals surface area contributed by atoms with Crippen molar-refractivity contribution in [3.8, 4) is 5.75 Å². The Balaban J connectivity index is 1.75. The maximum atomic E-state index is 12.4. The standard InChI is InChI=1S/C18H15Cl2N3O2/c1-25-17-7-6-14(19)8-16(17)22-18(24)13-9-21-23(11-13)10-12-4-2-3-5-15(12)20/h2-9,11H,10H2,1H3,(H,22,24). The first-order chi connectivity index (χ1) is 12.1. The first-order valence-electron chi connectivity index (χ1n) is 7.47. The Kier molecular flexibility index (Phi) is 5.26. The van der Waals surface area contributed by atoms with Gasteiger partial charge in [0.15, 0.2) is 0 Å². The average molecular weight is 376 g/mol. The zero-order valence-corrected chi connectivity index (χ0v) is 14.9. The summed E-state index contributed by atoms with van der Waals surface area (Å²) in [6.45, 7) is 0.480. The molecule has 0 unspecified atom stereocenters. The lowest BCUT2D eigenvalue weighted by Gasteiger charge is -2.09. The van der Waals surface area contributed by atoms with E-state index in [-0.39, 0.29) is 5.91 Å². The van der Waals surface area contributed by atoms with Crippen molar-refractivity contribution in [1.82, 2.24) is 9.78 Å². The molecule has 3 rings (SSSR count). The zero-order chi connectivity index (χ0) is 17.8. The minimum atomic E-state index is -0.300. The fourth-order valence-corrected chi connectivity index (χ4v) is 2.71. The van der Waals surface area contributed by atoms with E-state index in [1.54, 1.807) is 29.1 Å². The molecule has 128 valence electrons. The smallest absolute Gasteiger partial charge is 0.258 e. The molecule has 0 atom stereocenters. The summed E-state index contributed by atoms with van der Waals surface area (Å²) in [4.78, 5) is 12.4. The summed E-state index contributed by atoms with van der Waals surface area (Å²) in [5, 5.41) is 8.16. The molecule has 0 aliphatic carbocycles. The number of nitrogens with one attached hydrogen (secondary N) is 1. The van der Waals surface area contributed by atoms with Crippen LogP contribution in [0.1, 0.15) is 15.9 Å². The zero-order valence-electron chi connectivity index (χ0n) is 13.4. The summed E-state index contributed by atoms with van der Waals surface area (Å²) >= 11 is 12.1. The number of benzene rings is 2. The first-order valence-corrected chi connectivity index (χ1v) is 8.23. The third kappa shape index (κ3) is 4.13. The van der Waals surface area contributed by atoms with E-state index in [1.807, 2.05) is 24.3 Å². The second-order valence-electron chi connectivity index (χ2n) is 5.32. The molecule has 1 heterocycles. The number of aromatic nitrogens is 2. The molecule has 5 nitrogen and oxygen atoms in total. The number of carbonyl (C=O) groups excluding carboxylic acids is 1. The minimum Gasteiger partial charge on any atom is -0.495 e. The second-order valence-corrected chi connectivity index (χ2v) is 6.16. The van der Waals surface area contributed by atoms with Crippen LogP contribution in [0.5, 0.6) is 5.75 Å². The van der Waals surface area contributed by atoms with Crippen molar-refractivity contribution >= 4 is 34.8 Å². The highest BCUT2D eigenvalue weighted by molar-refractivity contribution is 6.31. The highest BCUT2D eigenvalue weighted by Gasteiger charge is 2.13. The van der Waals surface area contributed by atoms with Crippen molar-refractivity contribution in [1.29, 1.82) is 0 Å². The topological polar surface area (TPSA) is 56.1 Å². The number of carbonyl (C=O) groups is 1. The molecule has 3 aromatic rings. The Morgan fingerprint density at radius 2 is 2.04 bits per heavy atom. The van der Waals surface area contributed by atoms with Crippen LogP contribution < -0.4 is 10.1 Å². The Bertz CT molecular complexity index is 909. The molecule has 0 spiro atoms. The molecule has 0 saturated heterocycles. The molecule has 1 N–H and O–H groups in total. The van der Waals surface area contributed by atoms with Gasteiger partial charge in [-0.25, -0.2) is 0 Å². The average Bonchev–Trinajstić information content (AvgIpc) is 3.06. The fourth-order valence-electron chi connectivity index (χ4n) is 2.34. The van der Waals surface area contributed by atoms with Gasteiger partial charge in [-0.2, -0.15) is 5.10 Å². The summed E-state index contributed by atoms with van der Waals surface area (Å²) in [6, 6.07) is 12.5. The quantitative estimate of drug-likeness (QED) is 0.714. The van der Waals surface area contributed by atoms with Crippen molar-refractivity contribution in [2.24, 2.45) is 0 Å². The van der Waals surface area contributed by atoms with Crippen molar-refractivity contribution in [3.63, 3.8) is 0 Å². The van der Waals surface area contributed by atoms with Gasteiger partial charge in [0.1, 0.15) is 5.75 Å². The van der Waals surface area contributed by atoms with E-state index < -0.39 is 0 Å². The molecular weight excluding hydrogens is 361 g/mol. The summed E-state index contributed by atoms with van der Waals surface area (Å²) in [5.41, 5.74) is 1.85. The van der Waals surface area contributed by atoms with Gasteiger partial charge >= 0.3 is 0 Å². The number of nitrogens with zero attached hydrogens (tertiary/aromatic N) is 2. The third-order valence-corrected chi connectivity index (χ3v) is 4.20. The van der Waals surface area contributed by atoms with Crippen LogP contribution in [0.2, 0.25) is 10.0 Å². The molecule has 1 aromatic heterocycles. The van der Waals surface area contributed by atoms with Crippen LogP contribution in [0.25, 0.3) is 0 Å². The van der Waals surface area contributed by atoms with Crippen LogP contribution in [-0.4, -0.2) is 22.8 Å². The van der Waals surface area contributed by atoms with Gasteiger partial charge in [0.05, 0.1) is 31.1 Å². The van der Waals surface area contributed by atoms with Crippen LogP contribution in [0.3, 0.4) is 0 Å². The van der Waals surface area contributed by atoms with Gasteiger partial charge in [-0.05, 0) is 29.8 Å². The van der Waals surface area contributed by atoms with E-state index in [1.165, 1.54) is 13.3 Å². The highest BCUT2D eigenvalue weighted by Crippen LogP contribution is 2.28. The Hall–Kier alpha value is -2.50. The fraction of sp³-hybridized carbons (Fsp3) is 0.111. The monoisotopic (exact) mass is 375 g/mol. The maximum absolute atomic E-state index is 12.4. The first kappa shape index (κ1) is 17.3. The van der Waals surface area contributed by atoms with Crippen molar-refractivity contribution in [2.75, 3.05) is 12.4 Å². The number of methoxy groups -OCH3 is 1. The van der Waals surface area contributed by atoms with Crippen molar-refractivity contribution in [2.45, 2.75) is 6.54 Å². The van der Waals surface area contributed by atoms with Crippen molar-refractivity contribution < 1.29 is 9.53 Å². The largest absolute Gasteiger partial charge is 0.495 e. The molecule has 0 bridgehead atoms. The second kappa shape index (κ2) is 7.59. The van der Waals surface area contributed by atoms with Crippen LogP contribution in [-0.2, 0) is 6.54 Å². The molecule has 0 saturated carbocycles. The predicted molar refractivity (Wildman–Crippen MR) is 98.7 cm³/mol. The molecule has 2 aromatic carbocycles. The van der Waals surface area contributed by atoms with E-state index in [0.29, 0.717) is 33.6 Å². The molecule has 7 heteroatoms. The lowest BCUT2D eigenvalue weighted by atomic mass is 10.2. The van der Waals surface area contributed by atoms with Gasteiger partial charge < -0.3 is 10.1 Å². The van der Waals surface area contributed by atoms with E-state index in [4.69, 9.17) is 27.9 Å². The molecular formula is C18H15Cl2N3O2. The molecule has 0 fully saturated rings. The number of halogens is 2. The number of rotatable bonds is 5. The van der Waals surface area contributed by atoms with E-state index in [9.17, 15) is 4.79 Å². The molecule has 0 aliphatic heterocycles. The van der Waals surface area contributed by atoms with Gasteiger partial charge in [0, 0.05) is 16.2 Å². The van der Waals surface area contributed by atoms with Crippen LogP contribution in [0.15, 0.2) is 54.9 Å². The van der Waals surface area contributed by atoms with Crippen LogP contribution >= 0.6 is 23.2 Å². The predicted octanol–water partition coefficient (Wildman–Crippen LogP) is 4.50. The van der Waals surface area contributed by atoms with Gasteiger partial charge in [0.2, 0.25) is 0 Å². The minimum absolute atomic E-state index is 0.300. The summed E-state index contributed by atoms with van der Waals surface area (Å²) in [7, 11) is 1.53. The Morgan fingerprint density at radius 1 is 1.24 bits per heavy atom. The lowest BCUT2D eigenvalue weighted by molar-refractivity contribution is 0.102. The Labute approximate surface area is 155 Å². The highest BCUT2D eigenvalue weighted by atomic mass is 35.5. The van der Waals surface area contributed by atoms with Crippen LogP contribution in [0.4, 0.5) is 5.69 Å². The molecule has 25 heavy (non-hydrogen) atoms. The normalized spacial score (nSPS) is 10.5. The number of amides is 1. The summed E-state index contributed by atoms with van der Waals surface area (Å²) in [6.07, 6.45) is 3.17. The van der Waals surface area contributed by atoms with Gasteiger partial charge in [0.25, 0.3) is 5.91 Å². The lowest BCUT2D eigenvalue weighted by Crippen LogP contribution is -2.12. The molecule has 1 amide bonds. The van der Waals surface area contributed by atoms with E-state index in [2.05, 4.69) is 10.4 Å². The number of hydrogen-bond acceptors (Lipinski definition) is 3.